The summed E-state index contributed by atoms with van der Waals surface area (Å²) in [6, 6.07) is 14.8. The van der Waals surface area contributed by atoms with Crippen molar-refractivity contribution < 1.29 is 14.0 Å². The van der Waals surface area contributed by atoms with Gasteiger partial charge < -0.3 is 8.98 Å². The van der Waals surface area contributed by atoms with Crippen molar-refractivity contribution in [2.24, 2.45) is 7.05 Å². The minimum atomic E-state index is -0.374. The molecule has 0 aliphatic rings. The summed E-state index contributed by atoms with van der Waals surface area (Å²) in [4.78, 5) is 28.8. The fraction of sp³-hybridized carbons (Fsp3) is 0.136. The van der Waals surface area contributed by atoms with E-state index in [2.05, 4.69) is 15.8 Å². The Labute approximate surface area is 177 Å². The second-order valence-corrected chi connectivity index (χ2v) is 7.23. The van der Waals surface area contributed by atoms with Crippen LogP contribution in [-0.4, -0.2) is 21.4 Å². The lowest BCUT2D eigenvalue weighted by Gasteiger charge is -2.06. The Morgan fingerprint density at radius 2 is 1.87 bits per heavy atom. The van der Waals surface area contributed by atoms with Gasteiger partial charge in [0, 0.05) is 47.6 Å². The average Bonchev–Trinajstić information content (AvgIpc) is 3.36. The van der Waals surface area contributed by atoms with Crippen LogP contribution in [0, 0.1) is 0 Å². The highest BCUT2D eigenvalue weighted by atomic mass is 35.5. The van der Waals surface area contributed by atoms with E-state index in [9.17, 15) is 9.59 Å². The Balaban J connectivity index is 1.31. The van der Waals surface area contributed by atoms with Gasteiger partial charge in [0.1, 0.15) is 0 Å². The van der Waals surface area contributed by atoms with Gasteiger partial charge in [-0.25, -0.2) is 4.98 Å². The molecular formula is C22H19ClN4O3. The maximum absolute atomic E-state index is 12.5. The molecular weight excluding hydrogens is 404 g/mol. The van der Waals surface area contributed by atoms with Crippen molar-refractivity contribution in [3.05, 3.63) is 77.4 Å². The van der Waals surface area contributed by atoms with Gasteiger partial charge in [-0.15, -0.1) is 0 Å². The molecule has 30 heavy (non-hydrogen) atoms. The predicted octanol–water partition coefficient (Wildman–Crippen LogP) is 3.88. The van der Waals surface area contributed by atoms with Crippen molar-refractivity contribution in [3.8, 4) is 11.3 Å². The number of rotatable bonds is 5. The van der Waals surface area contributed by atoms with Crippen LogP contribution in [0.25, 0.3) is 22.2 Å². The molecule has 0 fully saturated rings. The summed E-state index contributed by atoms with van der Waals surface area (Å²) in [7, 11) is 1.87. The summed E-state index contributed by atoms with van der Waals surface area (Å²) >= 11 is 5.89. The molecule has 0 aliphatic heterocycles. The Morgan fingerprint density at radius 3 is 2.67 bits per heavy atom. The number of para-hydroxylation sites is 1. The Bertz CT molecular complexity index is 1210. The molecule has 4 aromatic rings. The third-order valence-electron chi connectivity index (χ3n) is 4.71. The number of hydrogen-bond acceptors (Lipinski definition) is 4. The molecule has 0 atom stereocenters. The molecule has 0 bridgehead atoms. The number of carbonyl (C=O) groups excluding carboxylic acids is 2. The minimum Gasteiger partial charge on any atom is -0.441 e. The fourth-order valence-electron chi connectivity index (χ4n) is 3.17. The van der Waals surface area contributed by atoms with Crippen molar-refractivity contribution in [1.82, 2.24) is 20.4 Å². The molecule has 2 amide bonds. The van der Waals surface area contributed by atoms with Crippen LogP contribution in [0.15, 0.2) is 65.3 Å². The van der Waals surface area contributed by atoms with E-state index in [-0.39, 0.29) is 18.2 Å². The summed E-state index contributed by atoms with van der Waals surface area (Å²) in [5.41, 5.74) is 7.18. The molecule has 8 heteroatoms. The van der Waals surface area contributed by atoms with E-state index in [1.165, 1.54) is 0 Å². The molecule has 0 aliphatic carbocycles. The zero-order valence-electron chi connectivity index (χ0n) is 16.2. The molecule has 152 valence electrons. The van der Waals surface area contributed by atoms with Gasteiger partial charge in [-0.3, -0.25) is 20.4 Å². The van der Waals surface area contributed by atoms with Crippen LogP contribution < -0.4 is 10.9 Å². The highest BCUT2D eigenvalue weighted by Crippen LogP contribution is 2.23. The second kappa shape index (κ2) is 8.42. The van der Waals surface area contributed by atoms with E-state index in [0.717, 1.165) is 16.5 Å². The molecule has 4 rings (SSSR count). The third-order valence-corrected chi connectivity index (χ3v) is 4.96. The van der Waals surface area contributed by atoms with Crippen LogP contribution >= 0.6 is 11.6 Å². The van der Waals surface area contributed by atoms with E-state index >= 15 is 0 Å². The quantitative estimate of drug-likeness (QED) is 0.477. The first kappa shape index (κ1) is 19.7. The smallest absolute Gasteiger partial charge is 0.271 e. The van der Waals surface area contributed by atoms with Crippen molar-refractivity contribution in [1.29, 1.82) is 0 Å². The van der Waals surface area contributed by atoms with E-state index in [1.807, 2.05) is 48.0 Å². The zero-order chi connectivity index (χ0) is 21.1. The fourth-order valence-corrected chi connectivity index (χ4v) is 3.30. The molecule has 2 heterocycles. The molecule has 7 nitrogen and oxygen atoms in total. The van der Waals surface area contributed by atoms with Crippen LogP contribution in [-0.2, 0) is 18.3 Å². The monoisotopic (exact) mass is 422 g/mol. The average molecular weight is 423 g/mol. The lowest BCUT2D eigenvalue weighted by Crippen LogP contribution is -2.41. The number of fused-ring (bicyclic) bond motifs is 1. The number of benzene rings is 2. The molecule has 0 unspecified atom stereocenters. The second-order valence-electron chi connectivity index (χ2n) is 6.80. The molecule has 2 aromatic heterocycles. The highest BCUT2D eigenvalue weighted by molar-refractivity contribution is 6.30. The van der Waals surface area contributed by atoms with E-state index < -0.39 is 0 Å². The largest absolute Gasteiger partial charge is 0.441 e. The zero-order valence-corrected chi connectivity index (χ0v) is 16.9. The number of carbonyl (C=O) groups is 2. The number of oxazole rings is 1. The Morgan fingerprint density at radius 1 is 1.10 bits per heavy atom. The molecule has 0 spiro atoms. The summed E-state index contributed by atoms with van der Waals surface area (Å²) in [5, 5.41) is 1.46. The summed E-state index contributed by atoms with van der Waals surface area (Å²) in [6.07, 6.45) is 3.77. The van der Waals surface area contributed by atoms with E-state index in [0.29, 0.717) is 28.7 Å². The number of aryl methyl sites for hydroxylation is 2. The molecule has 0 radical (unpaired) electrons. The van der Waals surface area contributed by atoms with Gasteiger partial charge in [0.05, 0.1) is 11.8 Å². The molecule has 0 saturated heterocycles. The first-order chi connectivity index (χ1) is 14.5. The van der Waals surface area contributed by atoms with Gasteiger partial charge in [0.15, 0.2) is 11.7 Å². The SMILES string of the molecule is Cn1cc(C(=O)NNC(=O)CCc2ncc(-c3ccc(Cl)cc3)o2)c2ccccc21. The number of hydrogen-bond donors (Lipinski definition) is 2. The maximum Gasteiger partial charge on any atom is 0.271 e. The number of amides is 2. The van der Waals surface area contributed by atoms with Gasteiger partial charge >= 0.3 is 0 Å². The normalized spacial score (nSPS) is 10.9. The van der Waals surface area contributed by atoms with Crippen LogP contribution in [0.3, 0.4) is 0 Å². The van der Waals surface area contributed by atoms with E-state index in [4.69, 9.17) is 16.0 Å². The van der Waals surface area contributed by atoms with Gasteiger partial charge in [-0.2, -0.15) is 0 Å². The minimum absolute atomic E-state index is 0.121. The van der Waals surface area contributed by atoms with E-state index in [1.54, 1.807) is 24.5 Å². The Kier molecular flexibility index (Phi) is 5.54. The lowest BCUT2D eigenvalue weighted by molar-refractivity contribution is -0.121. The highest BCUT2D eigenvalue weighted by Gasteiger charge is 2.15. The van der Waals surface area contributed by atoms with Crippen LogP contribution in [0.1, 0.15) is 22.7 Å². The third kappa shape index (κ3) is 4.21. The number of nitrogens with zero attached hydrogens (tertiary/aromatic N) is 2. The first-order valence-electron chi connectivity index (χ1n) is 9.35. The standard InChI is InChI=1S/C22H19ClN4O3/c1-27-13-17(16-4-2-3-5-18(16)27)22(29)26-25-20(28)10-11-21-24-12-19(30-21)14-6-8-15(23)9-7-14/h2-9,12-13H,10-11H2,1H3,(H,25,28)(H,26,29). The number of hydrazine groups is 1. The van der Waals surface area contributed by atoms with Crippen molar-refractivity contribution in [2.45, 2.75) is 12.8 Å². The van der Waals surface area contributed by atoms with Crippen LogP contribution in [0.4, 0.5) is 0 Å². The molecule has 2 aromatic carbocycles. The summed E-state index contributed by atoms with van der Waals surface area (Å²) in [6.45, 7) is 0. The van der Waals surface area contributed by atoms with Crippen LogP contribution in [0.2, 0.25) is 5.02 Å². The maximum atomic E-state index is 12.5. The van der Waals surface area contributed by atoms with Gasteiger partial charge in [0.25, 0.3) is 5.91 Å². The topological polar surface area (TPSA) is 89.2 Å². The molecule has 0 saturated carbocycles. The molecule has 2 N–H and O–H groups in total. The van der Waals surface area contributed by atoms with Crippen molar-refractivity contribution in [3.63, 3.8) is 0 Å². The number of aromatic nitrogens is 2. The predicted molar refractivity (Wildman–Crippen MR) is 114 cm³/mol. The lowest BCUT2D eigenvalue weighted by atomic mass is 10.2. The summed E-state index contributed by atoms with van der Waals surface area (Å²) in [5.74, 6) is 0.331. The summed E-state index contributed by atoms with van der Waals surface area (Å²) < 4.78 is 7.55. The first-order valence-corrected chi connectivity index (χ1v) is 9.73. The van der Waals surface area contributed by atoms with Crippen LogP contribution in [0.5, 0.6) is 0 Å². The van der Waals surface area contributed by atoms with Gasteiger partial charge in [0.2, 0.25) is 5.91 Å². The number of nitrogens with one attached hydrogen (secondary N) is 2. The van der Waals surface area contributed by atoms with Gasteiger partial charge in [-0.05, 0) is 30.3 Å². The number of halogens is 1. The van der Waals surface area contributed by atoms with Crippen molar-refractivity contribution in [2.75, 3.05) is 0 Å². The van der Waals surface area contributed by atoms with Gasteiger partial charge in [-0.1, -0.05) is 29.8 Å². The van der Waals surface area contributed by atoms with Crippen molar-refractivity contribution >= 4 is 34.3 Å². The Hall–Kier alpha value is -3.58.